The molecule has 3 rings (SSSR count). The maximum absolute atomic E-state index is 13.1. The Bertz CT molecular complexity index is 939. The molecule has 0 saturated carbocycles. The number of hydrogen-bond acceptors (Lipinski definition) is 4. The maximum atomic E-state index is 13.1. The van der Waals surface area contributed by atoms with Gasteiger partial charge in [-0.15, -0.1) is 0 Å². The Morgan fingerprint density at radius 1 is 0.885 bits per heavy atom. The largest absolute Gasteiger partial charge is 0.508 e. The molecule has 3 aromatic rings. The van der Waals surface area contributed by atoms with E-state index in [1.165, 1.54) is 31.4 Å². The summed E-state index contributed by atoms with van der Waals surface area (Å²) < 4.78 is 6.02. The number of phenols is 2. The summed E-state index contributed by atoms with van der Waals surface area (Å²) in [4.78, 5) is 13.1. The van der Waals surface area contributed by atoms with Crippen LogP contribution in [-0.4, -0.2) is 10.2 Å². The number of phenolic OH excluding ortho intramolecular Hbond substituents is 2. The third kappa shape index (κ3) is 3.90. The summed E-state index contributed by atoms with van der Waals surface area (Å²) in [6.45, 7) is 2.18. The van der Waals surface area contributed by atoms with Gasteiger partial charge in [0.2, 0.25) is 5.43 Å². The molecule has 2 aromatic carbocycles. The van der Waals surface area contributed by atoms with E-state index in [1.54, 1.807) is 30.3 Å². The van der Waals surface area contributed by atoms with E-state index in [1.807, 2.05) is 0 Å². The summed E-state index contributed by atoms with van der Waals surface area (Å²) in [5.74, 6) is 0.868. The second-order valence-corrected chi connectivity index (χ2v) is 6.62. The van der Waals surface area contributed by atoms with Crippen LogP contribution >= 0.6 is 0 Å². The number of unbranched alkanes of at least 4 members (excludes halogenated alkanes) is 4. The summed E-state index contributed by atoms with van der Waals surface area (Å²) in [7, 11) is 0. The third-order valence-corrected chi connectivity index (χ3v) is 4.61. The van der Waals surface area contributed by atoms with Gasteiger partial charge in [-0.3, -0.25) is 4.79 Å². The molecule has 0 unspecified atom stereocenters. The molecule has 0 radical (unpaired) electrons. The lowest BCUT2D eigenvalue weighted by atomic mass is 9.99. The molecule has 2 N–H and O–H groups in total. The van der Waals surface area contributed by atoms with Crippen molar-refractivity contribution in [3.8, 4) is 22.6 Å². The highest BCUT2D eigenvalue weighted by Crippen LogP contribution is 2.28. The topological polar surface area (TPSA) is 70.7 Å². The summed E-state index contributed by atoms with van der Waals surface area (Å²) >= 11 is 0. The van der Waals surface area contributed by atoms with Crippen molar-refractivity contribution in [2.24, 2.45) is 0 Å². The van der Waals surface area contributed by atoms with Gasteiger partial charge in [-0.2, -0.15) is 0 Å². The van der Waals surface area contributed by atoms with Crippen molar-refractivity contribution in [2.45, 2.75) is 45.4 Å². The molecule has 26 heavy (non-hydrogen) atoms. The van der Waals surface area contributed by atoms with Crippen molar-refractivity contribution in [2.75, 3.05) is 0 Å². The fourth-order valence-corrected chi connectivity index (χ4v) is 3.21. The van der Waals surface area contributed by atoms with E-state index in [4.69, 9.17) is 4.42 Å². The van der Waals surface area contributed by atoms with E-state index < -0.39 is 0 Å². The zero-order valence-corrected chi connectivity index (χ0v) is 15.0. The zero-order valence-electron chi connectivity index (χ0n) is 15.0. The Morgan fingerprint density at radius 2 is 1.58 bits per heavy atom. The quantitative estimate of drug-likeness (QED) is 0.560. The minimum atomic E-state index is -0.111. The van der Waals surface area contributed by atoms with Gasteiger partial charge in [-0.1, -0.05) is 44.7 Å². The number of aromatic hydroxyl groups is 2. The molecule has 0 saturated heterocycles. The van der Waals surface area contributed by atoms with Crippen LogP contribution in [0.15, 0.2) is 51.7 Å². The van der Waals surface area contributed by atoms with Crippen molar-refractivity contribution in [3.05, 3.63) is 58.4 Å². The van der Waals surface area contributed by atoms with E-state index in [9.17, 15) is 15.0 Å². The molecule has 0 amide bonds. The molecule has 0 spiro atoms. The van der Waals surface area contributed by atoms with E-state index in [0.29, 0.717) is 28.7 Å². The molecule has 4 heteroatoms. The smallest absolute Gasteiger partial charge is 0.200 e. The first-order chi connectivity index (χ1) is 12.6. The monoisotopic (exact) mass is 352 g/mol. The van der Waals surface area contributed by atoms with Gasteiger partial charge in [-0.05, 0) is 36.2 Å². The average Bonchev–Trinajstić information content (AvgIpc) is 2.62. The van der Waals surface area contributed by atoms with Crippen LogP contribution in [0.4, 0.5) is 0 Å². The normalized spacial score (nSPS) is 11.1. The van der Waals surface area contributed by atoms with Crippen LogP contribution in [-0.2, 0) is 6.42 Å². The standard InChI is InChI=1S/C22H24O4/c1-2-3-4-5-6-7-19-21(15-8-10-16(23)11-9-15)22(25)18-13-12-17(24)14-20(18)26-19/h8-14,23-24H,2-7H2,1H3. The van der Waals surface area contributed by atoms with Gasteiger partial charge in [0.15, 0.2) is 0 Å². The predicted octanol–water partition coefficient (Wildman–Crippen LogP) is 5.38. The van der Waals surface area contributed by atoms with Crippen LogP contribution in [0.5, 0.6) is 11.5 Å². The van der Waals surface area contributed by atoms with Gasteiger partial charge in [0.25, 0.3) is 0 Å². The number of aryl methyl sites for hydroxylation is 1. The molecule has 1 aromatic heterocycles. The lowest BCUT2D eigenvalue weighted by molar-refractivity contribution is 0.471. The highest BCUT2D eigenvalue weighted by molar-refractivity contribution is 5.83. The Hall–Kier alpha value is -2.75. The number of fused-ring (bicyclic) bond motifs is 1. The Morgan fingerprint density at radius 3 is 2.31 bits per heavy atom. The van der Waals surface area contributed by atoms with Crippen LogP contribution in [0, 0.1) is 0 Å². The first-order valence-electron chi connectivity index (χ1n) is 9.18. The summed E-state index contributed by atoms with van der Waals surface area (Å²) in [5, 5.41) is 19.7. The van der Waals surface area contributed by atoms with Gasteiger partial charge >= 0.3 is 0 Å². The van der Waals surface area contributed by atoms with E-state index in [2.05, 4.69) is 6.92 Å². The van der Waals surface area contributed by atoms with Crippen molar-refractivity contribution >= 4 is 11.0 Å². The van der Waals surface area contributed by atoms with Gasteiger partial charge in [0.1, 0.15) is 22.8 Å². The first-order valence-corrected chi connectivity index (χ1v) is 9.18. The second kappa shape index (κ2) is 8.09. The molecule has 136 valence electrons. The van der Waals surface area contributed by atoms with Crippen LogP contribution in [0.3, 0.4) is 0 Å². The molecular weight excluding hydrogens is 328 g/mol. The van der Waals surface area contributed by atoms with Crippen molar-refractivity contribution < 1.29 is 14.6 Å². The minimum absolute atomic E-state index is 0.0759. The SMILES string of the molecule is CCCCCCCc1oc2cc(O)ccc2c(=O)c1-c1ccc(O)cc1. The number of hydrogen-bond donors (Lipinski definition) is 2. The molecule has 0 bridgehead atoms. The lowest BCUT2D eigenvalue weighted by Crippen LogP contribution is -2.09. The number of rotatable bonds is 7. The van der Waals surface area contributed by atoms with Crippen LogP contribution < -0.4 is 5.43 Å². The molecular formula is C22H24O4. The molecule has 0 aliphatic heterocycles. The van der Waals surface area contributed by atoms with Crippen LogP contribution in [0.25, 0.3) is 22.1 Å². The maximum Gasteiger partial charge on any atom is 0.200 e. The Kier molecular flexibility index (Phi) is 5.61. The summed E-state index contributed by atoms with van der Waals surface area (Å²) in [6.07, 6.45) is 6.26. The van der Waals surface area contributed by atoms with Crippen molar-refractivity contribution in [3.63, 3.8) is 0 Å². The highest BCUT2D eigenvalue weighted by atomic mass is 16.3. The lowest BCUT2D eigenvalue weighted by Gasteiger charge is -2.11. The molecule has 0 aliphatic rings. The van der Waals surface area contributed by atoms with E-state index in [-0.39, 0.29) is 16.9 Å². The van der Waals surface area contributed by atoms with Crippen molar-refractivity contribution in [1.29, 1.82) is 0 Å². The van der Waals surface area contributed by atoms with E-state index in [0.717, 1.165) is 18.4 Å². The summed E-state index contributed by atoms with van der Waals surface area (Å²) in [6, 6.07) is 11.2. The highest BCUT2D eigenvalue weighted by Gasteiger charge is 2.16. The second-order valence-electron chi connectivity index (χ2n) is 6.62. The Balaban J connectivity index is 2.05. The van der Waals surface area contributed by atoms with Crippen molar-refractivity contribution in [1.82, 2.24) is 0 Å². The molecule has 0 fully saturated rings. The van der Waals surface area contributed by atoms with E-state index >= 15 is 0 Å². The van der Waals surface area contributed by atoms with Gasteiger partial charge in [-0.25, -0.2) is 0 Å². The van der Waals surface area contributed by atoms with Gasteiger partial charge in [0.05, 0.1) is 10.9 Å². The van der Waals surface area contributed by atoms with Gasteiger partial charge in [0, 0.05) is 12.5 Å². The molecule has 0 atom stereocenters. The summed E-state index contributed by atoms with van der Waals surface area (Å²) in [5.41, 5.74) is 1.57. The molecule has 0 aliphatic carbocycles. The molecule has 4 nitrogen and oxygen atoms in total. The third-order valence-electron chi connectivity index (χ3n) is 4.61. The molecule has 1 heterocycles. The average molecular weight is 352 g/mol. The van der Waals surface area contributed by atoms with Crippen LogP contribution in [0.1, 0.15) is 44.8 Å². The predicted molar refractivity (Wildman–Crippen MR) is 104 cm³/mol. The fraction of sp³-hybridized carbons (Fsp3) is 0.318. The van der Waals surface area contributed by atoms with Gasteiger partial charge < -0.3 is 14.6 Å². The zero-order chi connectivity index (χ0) is 18.5. The first kappa shape index (κ1) is 18.1. The van der Waals surface area contributed by atoms with Crippen LogP contribution in [0.2, 0.25) is 0 Å². The Labute approximate surface area is 152 Å². The number of benzene rings is 2. The fourth-order valence-electron chi connectivity index (χ4n) is 3.21. The minimum Gasteiger partial charge on any atom is -0.508 e.